The molecule has 2 heteroatoms. The molecule has 0 amide bonds. The molecule has 0 heterocycles. The monoisotopic (exact) mass is 326 g/mol. The molecule has 15 heavy (non-hydrogen) atoms. The summed E-state index contributed by atoms with van der Waals surface area (Å²) in [4.78, 5) is 0. The Morgan fingerprint density at radius 3 is 1.60 bits per heavy atom. The van der Waals surface area contributed by atoms with E-state index in [1.54, 1.807) is 0 Å². The van der Waals surface area contributed by atoms with Crippen molar-refractivity contribution in [3.05, 3.63) is 0 Å². The van der Waals surface area contributed by atoms with Crippen LogP contribution in [-0.2, 0) is 0 Å². The Kier molecular flexibility index (Phi) is 10.3. The highest BCUT2D eigenvalue weighted by Gasteiger charge is 2.19. The van der Waals surface area contributed by atoms with Crippen molar-refractivity contribution in [2.45, 2.75) is 52.4 Å². The zero-order chi connectivity index (χ0) is 11.6. The molecule has 0 saturated carbocycles. The van der Waals surface area contributed by atoms with Crippen LogP contribution in [0.4, 0.5) is 0 Å². The molecular formula is C13H29IN+. The van der Waals surface area contributed by atoms with Crippen molar-refractivity contribution in [1.29, 1.82) is 0 Å². The van der Waals surface area contributed by atoms with Gasteiger partial charge in [0.2, 0.25) is 0 Å². The second kappa shape index (κ2) is 9.88. The minimum atomic E-state index is 1.30. The van der Waals surface area contributed by atoms with Crippen molar-refractivity contribution in [3.8, 4) is 0 Å². The minimum absolute atomic E-state index is 1.30. The van der Waals surface area contributed by atoms with Crippen LogP contribution in [0.15, 0.2) is 0 Å². The summed E-state index contributed by atoms with van der Waals surface area (Å²) >= 11 is 2.52. The van der Waals surface area contributed by atoms with E-state index >= 15 is 0 Å². The highest BCUT2D eigenvalue weighted by atomic mass is 127. The van der Waals surface area contributed by atoms with Gasteiger partial charge in [0.05, 0.1) is 26.7 Å². The predicted octanol–water partition coefficient (Wildman–Crippen LogP) is 4.25. The van der Waals surface area contributed by atoms with Crippen LogP contribution in [0.1, 0.15) is 52.4 Å². The summed E-state index contributed by atoms with van der Waals surface area (Å²) < 4.78 is 2.61. The van der Waals surface area contributed by atoms with Crippen LogP contribution in [0.25, 0.3) is 0 Å². The largest absolute Gasteiger partial charge is 0.325 e. The van der Waals surface area contributed by atoms with E-state index in [0.717, 1.165) is 0 Å². The minimum Gasteiger partial charge on any atom is -0.325 e. The van der Waals surface area contributed by atoms with Gasteiger partial charge >= 0.3 is 0 Å². The van der Waals surface area contributed by atoms with Crippen molar-refractivity contribution in [3.63, 3.8) is 0 Å². The second-order valence-corrected chi connectivity index (χ2v) is 5.97. The zero-order valence-electron chi connectivity index (χ0n) is 10.9. The van der Waals surface area contributed by atoms with Crippen LogP contribution in [0.3, 0.4) is 0 Å². The van der Waals surface area contributed by atoms with Gasteiger partial charge in [0.1, 0.15) is 0 Å². The van der Waals surface area contributed by atoms with Gasteiger partial charge in [0.15, 0.2) is 0 Å². The van der Waals surface area contributed by atoms with Gasteiger partial charge in [0.25, 0.3) is 0 Å². The lowest BCUT2D eigenvalue weighted by molar-refractivity contribution is -0.907. The Hall–Kier alpha value is 0.690. The molecule has 0 aliphatic rings. The summed E-state index contributed by atoms with van der Waals surface area (Å²) in [7, 11) is 2.45. The number of hydrogen-bond acceptors (Lipinski definition) is 0. The molecule has 0 fully saturated rings. The van der Waals surface area contributed by atoms with Crippen LogP contribution < -0.4 is 0 Å². The van der Waals surface area contributed by atoms with E-state index in [1.807, 2.05) is 0 Å². The molecule has 0 saturated heterocycles. The summed E-state index contributed by atoms with van der Waals surface area (Å²) in [5, 5.41) is 0. The Morgan fingerprint density at radius 1 is 0.800 bits per heavy atom. The number of quaternary nitrogens is 1. The molecule has 0 bridgehead atoms. The van der Waals surface area contributed by atoms with Gasteiger partial charge in [0, 0.05) is 4.43 Å². The maximum atomic E-state index is 2.52. The molecule has 0 atom stereocenters. The molecule has 1 nitrogen and oxygen atoms in total. The number of unbranched alkanes of at least 4 members (excludes halogenated alkanes) is 4. The van der Waals surface area contributed by atoms with Gasteiger partial charge in [-0.15, -0.1) is 0 Å². The van der Waals surface area contributed by atoms with Gasteiger partial charge in [-0.3, -0.25) is 0 Å². The third kappa shape index (κ3) is 8.49. The van der Waals surface area contributed by atoms with Crippen molar-refractivity contribution >= 4 is 22.6 Å². The maximum Gasteiger partial charge on any atom is 0.0875 e. The summed E-state index contributed by atoms with van der Waals surface area (Å²) in [6.07, 6.45) is 8.33. The molecule has 0 aromatic carbocycles. The molecule has 0 rings (SSSR count). The first-order chi connectivity index (χ1) is 7.18. The fourth-order valence-corrected chi connectivity index (χ4v) is 3.19. The Bertz CT molecular complexity index is 126. The van der Waals surface area contributed by atoms with Gasteiger partial charge < -0.3 is 4.48 Å². The first-order valence-corrected chi connectivity index (χ1v) is 8.10. The smallest absolute Gasteiger partial charge is 0.0875 e. The van der Waals surface area contributed by atoms with Crippen LogP contribution in [0.5, 0.6) is 0 Å². The number of nitrogens with zero attached hydrogens (tertiary/aromatic N) is 1. The first-order valence-electron chi connectivity index (χ1n) is 6.58. The van der Waals surface area contributed by atoms with Crippen LogP contribution >= 0.6 is 22.6 Å². The lowest BCUT2D eigenvalue weighted by atomic mass is 10.2. The summed E-state index contributed by atoms with van der Waals surface area (Å²) in [5.41, 5.74) is 0. The molecule has 92 valence electrons. The van der Waals surface area contributed by atoms with E-state index in [2.05, 4.69) is 43.5 Å². The number of hydrogen-bond donors (Lipinski definition) is 0. The standard InChI is InChI=1S/C13H29IN/c1-4-6-8-11-15(3,13-10-14)12-9-7-5-2/h4-13H2,1-3H3/q+1. The van der Waals surface area contributed by atoms with E-state index in [9.17, 15) is 0 Å². The highest BCUT2D eigenvalue weighted by molar-refractivity contribution is 14.1. The molecule has 0 aliphatic carbocycles. The Morgan fingerprint density at radius 2 is 1.27 bits per heavy atom. The zero-order valence-corrected chi connectivity index (χ0v) is 13.1. The lowest BCUT2D eigenvalue weighted by Crippen LogP contribution is -2.46. The van der Waals surface area contributed by atoms with E-state index in [1.165, 1.54) is 67.1 Å². The molecule has 0 aromatic rings. The summed E-state index contributed by atoms with van der Waals surface area (Å²) in [6, 6.07) is 0. The average Bonchev–Trinajstić information content (AvgIpc) is 2.19. The first kappa shape index (κ1) is 15.7. The van der Waals surface area contributed by atoms with Crippen molar-refractivity contribution in [1.82, 2.24) is 0 Å². The quantitative estimate of drug-likeness (QED) is 0.244. The van der Waals surface area contributed by atoms with Crippen molar-refractivity contribution < 1.29 is 4.48 Å². The molecular weight excluding hydrogens is 297 g/mol. The maximum absolute atomic E-state index is 2.52. The van der Waals surface area contributed by atoms with Crippen LogP contribution in [-0.4, -0.2) is 35.6 Å². The van der Waals surface area contributed by atoms with Gasteiger partial charge in [-0.1, -0.05) is 49.3 Å². The molecule has 0 spiro atoms. The Balaban J connectivity index is 3.83. The number of rotatable bonds is 10. The average molecular weight is 326 g/mol. The molecule has 0 aromatic heterocycles. The predicted molar refractivity (Wildman–Crippen MR) is 78.7 cm³/mol. The number of halogens is 1. The third-order valence-electron chi connectivity index (χ3n) is 3.23. The van der Waals surface area contributed by atoms with Gasteiger partial charge in [-0.2, -0.15) is 0 Å². The van der Waals surface area contributed by atoms with E-state index in [0.29, 0.717) is 0 Å². The normalized spacial score (nSPS) is 12.0. The molecule has 0 radical (unpaired) electrons. The topological polar surface area (TPSA) is 0 Å². The second-order valence-electron chi connectivity index (χ2n) is 4.89. The summed E-state index contributed by atoms with van der Waals surface area (Å²) in [5.74, 6) is 0. The van der Waals surface area contributed by atoms with Crippen molar-refractivity contribution in [2.24, 2.45) is 0 Å². The number of alkyl halides is 1. The third-order valence-corrected chi connectivity index (χ3v) is 3.71. The van der Waals surface area contributed by atoms with Crippen LogP contribution in [0, 0.1) is 0 Å². The van der Waals surface area contributed by atoms with E-state index in [4.69, 9.17) is 0 Å². The van der Waals surface area contributed by atoms with Gasteiger partial charge in [-0.25, -0.2) is 0 Å². The highest BCUT2D eigenvalue weighted by Crippen LogP contribution is 2.11. The fourth-order valence-electron chi connectivity index (χ4n) is 2.03. The SMILES string of the molecule is CCCCC[N+](C)(CCI)CCCCC. The van der Waals surface area contributed by atoms with Gasteiger partial charge in [-0.05, 0) is 25.7 Å². The lowest BCUT2D eigenvalue weighted by Gasteiger charge is -2.34. The van der Waals surface area contributed by atoms with Crippen LogP contribution in [0.2, 0.25) is 0 Å². The molecule has 0 N–H and O–H groups in total. The Labute approximate surface area is 110 Å². The summed E-state index contributed by atoms with van der Waals surface area (Å²) in [6.45, 7) is 8.72. The van der Waals surface area contributed by atoms with E-state index in [-0.39, 0.29) is 0 Å². The fraction of sp³-hybridized carbons (Fsp3) is 1.00. The molecule has 0 unspecified atom stereocenters. The van der Waals surface area contributed by atoms with E-state index < -0.39 is 0 Å². The van der Waals surface area contributed by atoms with Crippen molar-refractivity contribution in [2.75, 3.05) is 31.1 Å². The molecule has 0 aliphatic heterocycles.